The fourth-order valence-electron chi connectivity index (χ4n) is 5.11. The molecule has 148 valence electrons. The molecule has 0 heterocycles. The maximum Gasteiger partial charge on any atom is 0.107 e. The summed E-state index contributed by atoms with van der Waals surface area (Å²) in [5.41, 5.74) is 4.74. The third kappa shape index (κ3) is 4.55. The quantitative estimate of drug-likeness (QED) is 0.472. The molecular weight excluding hydrogens is 331 g/mol. The minimum atomic E-state index is 0.0872. The van der Waals surface area contributed by atoms with Crippen LogP contribution in [0.25, 0.3) is 5.57 Å². The zero-order valence-corrected chi connectivity index (χ0v) is 17.7. The van der Waals surface area contributed by atoms with Gasteiger partial charge in [0.2, 0.25) is 0 Å². The van der Waals surface area contributed by atoms with Gasteiger partial charge in [-0.3, -0.25) is 0 Å². The van der Waals surface area contributed by atoms with Crippen molar-refractivity contribution in [3.05, 3.63) is 52.9 Å². The van der Waals surface area contributed by atoms with Crippen LogP contribution < -0.4 is 0 Å². The van der Waals surface area contributed by atoms with Crippen molar-refractivity contribution in [1.82, 2.24) is 0 Å². The van der Waals surface area contributed by atoms with E-state index in [0.29, 0.717) is 5.92 Å². The highest BCUT2D eigenvalue weighted by Gasteiger charge is 2.27. The van der Waals surface area contributed by atoms with Gasteiger partial charge >= 0.3 is 0 Å². The summed E-state index contributed by atoms with van der Waals surface area (Å²) in [7, 11) is 0. The summed E-state index contributed by atoms with van der Waals surface area (Å²) in [4.78, 5) is 0. The third-order valence-corrected chi connectivity index (χ3v) is 6.84. The molecule has 0 nitrogen and oxygen atoms in total. The van der Waals surface area contributed by atoms with Crippen molar-refractivity contribution in [2.45, 2.75) is 85.0 Å². The van der Waals surface area contributed by atoms with Crippen LogP contribution in [0.15, 0.2) is 41.7 Å². The van der Waals surface area contributed by atoms with E-state index in [2.05, 4.69) is 58.0 Å². The summed E-state index contributed by atoms with van der Waals surface area (Å²) in [5.74, 6) is 2.11. The maximum absolute atomic E-state index is 15.2. The van der Waals surface area contributed by atoms with Gasteiger partial charge in [0, 0.05) is 5.92 Å². The summed E-state index contributed by atoms with van der Waals surface area (Å²) >= 11 is 0. The highest BCUT2D eigenvalue weighted by molar-refractivity contribution is 5.81. The molecule has 0 aliphatic heterocycles. The minimum absolute atomic E-state index is 0.0872. The van der Waals surface area contributed by atoms with E-state index in [1.54, 1.807) is 0 Å². The third-order valence-electron chi connectivity index (χ3n) is 6.84. The highest BCUT2D eigenvalue weighted by Crippen LogP contribution is 2.42. The summed E-state index contributed by atoms with van der Waals surface area (Å²) < 4.78 is 15.2. The lowest BCUT2D eigenvalue weighted by molar-refractivity contribution is 0.319. The van der Waals surface area contributed by atoms with Crippen molar-refractivity contribution in [2.75, 3.05) is 0 Å². The van der Waals surface area contributed by atoms with E-state index in [4.69, 9.17) is 0 Å². The fourth-order valence-corrected chi connectivity index (χ4v) is 5.11. The van der Waals surface area contributed by atoms with Gasteiger partial charge in [-0.05, 0) is 78.6 Å². The molecular formula is C26H37F. The first-order valence-electron chi connectivity index (χ1n) is 11.2. The van der Waals surface area contributed by atoms with Crippen molar-refractivity contribution >= 4 is 5.57 Å². The zero-order valence-electron chi connectivity index (χ0n) is 17.7. The summed E-state index contributed by atoms with van der Waals surface area (Å²) in [5, 5.41) is 0. The van der Waals surface area contributed by atoms with E-state index in [1.165, 1.54) is 43.2 Å². The molecule has 1 unspecified atom stereocenters. The molecule has 0 amide bonds. The van der Waals surface area contributed by atoms with Crippen molar-refractivity contribution in [1.29, 1.82) is 0 Å². The van der Waals surface area contributed by atoms with E-state index < -0.39 is 0 Å². The molecule has 0 radical (unpaired) electrons. The van der Waals surface area contributed by atoms with Crippen molar-refractivity contribution in [3.63, 3.8) is 0 Å². The van der Waals surface area contributed by atoms with E-state index in [9.17, 15) is 0 Å². The number of hydrogen-bond acceptors (Lipinski definition) is 0. The van der Waals surface area contributed by atoms with Crippen LogP contribution in [0.1, 0.15) is 96.1 Å². The molecule has 0 aromatic heterocycles. The monoisotopic (exact) mass is 368 g/mol. The molecule has 0 bridgehead atoms. The SMILES string of the molecule is CCCC1CC=C(c2ccc(C3CCC(CC)CC3)cc2)C(C(C)C)=C1F. The van der Waals surface area contributed by atoms with E-state index >= 15 is 4.39 Å². The second-order valence-electron chi connectivity index (χ2n) is 9.00. The number of benzene rings is 1. The average molecular weight is 369 g/mol. The predicted octanol–water partition coefficient (Wildman–Crippen LogP) is 8.45. The molecule has 1 aromatic rings. The number of halogens is 1. The number of rotatable bonds is 6. The van der Waals surface area contributed by atoms with Crippen LogP contribution >= 0.6 is 0 Å². The minimum Gasteiger partial charge on any atom is -0.211 e. The molecule has 0 spiro atoms. The van der Waals surface area contributed by atoms with Crippen molar-refractivity contribution in [3.8, 4) is 0 Å². The van der Waals surface area contributed by atoms with E-state index in [0.717, 1.165) is 36.3 Å². The first kappa shape index (κ1) is 20.4. The average Bonchev–Trinajstić information content (AvgIpc) is 2.69. The maximum atomic E-state index is 15.2. The molecule has 1 aromatic carbocycles. The number of hydrogen-bond donors (Lipinski definition) is 0. The van der Waals surface area contributed by atoms with Gasteiger partial charge in [0.05, 0.1) is 0 Å². The van der Waals surface area contributed by atoms with Crippen LogP contribution in [0.3, 0.4) is 0 Å². The molecule has 1 saturated carbocycles. The first-order valence-corrected chi connectivity index (χ1v) is 11.2. The van der Waals surface area contributed by atoms with Crippen LogP contribution in [0, 0.1) is 17.8 Å². The fraction of sp³-hybridized carbons (Fsp3) is 0.615. The predicted molar refractivity (Wildman–Crippen MR) is 115 cm³/mol. The van der Waals surface area contributed by atoms with Gasteiger partial charge in [-0.1, -0.05) is 70.9 Å². The molecule has 27 heavy (non-hydrogen) atoms. The lowest BCUT2D eigenvalue weighted by Crippen LogP contribution is -2.13. The van der Waals surface area contributed by atoms with Crippen LogP contribution in [-0.4, -0.2) is 0 Å². The van der Waals surface area contributed by atoms with E-state index in [-0.39, 0.29) is 17.7 Å². The molecule has 0 saturated heterocycles. The van der Waals surface area contributed by atoms with Crippen LogP contribution in [0.5, 0.6) is 0 Å². The van der Waals surface area contributed by atoms with Gasteiger partial charge in [0.25, 0.3) is 0 Å². The summed E-state index contributed by atoms with van der Waals surface area (Å²) in [6.45, 7) is 8.71. The molecule has 0 N–H and O–H groups in total. The van der Waals surface area contributed by atoms with Gasteiger partial charge in [-0.2, -0.15) is 0 Å². The Hall–Kier alpha value is -1.37. The van der Waals surface area contributed by atoms with Gasteiger partial charge in [0.15, 0.2) is 0 Å². The van der Waals surface area contributed by atoms with Crippen LogP contribution in [0.2, 0.25) is 0 Å². The molecule has 3 rings (SSSR count). The van der Waals surface area contributed by atoms with Crippen LogP contribution in [0.4, 0.5) is 4.39 Å². The Kier molecular flexibility index (Phi) is 6.95. The standard InChI is InChI=1S/C26H37F/c1-5-7-23-16-17-24(25(18(3)4)26(23)27)22-14-12-21(13-15-22)20-10-8-19(6-2)9-11-20/h12-15,17-20,23H,5-11,16H2,1-4H3. The lowest BCUT2D eigenvalue weighted by atomic mass is 9.77. The van der Waals surface area contributed by atoms with Gasteiger partial charge in [-0.15, -0.1) is 0 Å². The van der Waals surface area contributed by atoms with Crippen molar-refractivity contribution < 1.29 is 4.39 Å². The zero-order chi connectivity index (χ0) is 19.4. The normalized spacial score (nSPS) is 26.4. The topological polar surface area (TPSA) is 0 Å². The largest absolute Gasteiger partial charge is 0.211 e. The first-order chi connectivity index (χ1) is 13.0. The molecule has 2 aliphatic rings. The van der Waals surface area contributed by atoms with E-state index in [1.807, 2.05) is 0 Å². The van der Waals surface area contributed by atoms with Gasteiger partial charge in [-0.25, -0.2) is 4.39 Å². The lowest BCUT2D eigenvalue weighted by Gasteiger charge is -2.29. The summed E-state index contributed by atoms with van der Waals surface area (Å²) in [6, 6.07) is 9.09. The summed E-state index contributed by atoms with van der Waals surface area (Å²) in [6.07, 6.45) is 11.8. The molecule has 1 heteroatoms. The second kappa shape index (κ2) is 9.22. The van der Waals surface area contributed by atoms with Crippen molar-refractivity contribution in [2.24, 2.45) is 17.8 Å². The highest BCUT2D eigenvalue weighted by atomic mass is 19.1. The Balaban J connectivity index is 1.78. The Morgan fingerprint density at radius 3 is 2.22 bits per heavy atom. The Bertz CT molecular complexity index is 669. The number of allylic oxidation sites excluding steroid dienone is 4. The van der Waals surface area contributed by atoms with Gasteiger partial charge in [0.1, 0.15) is 5.83 Å². The molecule has 1 fully saturated rings. The van der Waals surface area contributed by atoms with Gasteiger partial charge < -0.3 is 0 Å². The smallest absolute Gasteiger partial charge is 0.107 e. The molecule has 2 aliphatic carbocycles. The Morgan fingerprint density at radius 2 is 1.67 bits per heavy atom. The second-order valence-corrected chi connectivity index (χ2v) is 9.00. The Morgan fingerprint density at radius 1 is 1.00 bits per heavy atom. The van der Waals surface area contributed by atoms with Crippen LogP contribution in [-0.2, 0) is 0 Å². The molecule has 1 atom stereocenters. The Labute approximate surface area is 166 Å².